The minimum atomic E-state index is 0.703. The lowest BCUT2D eigenvalue weighted by Crippen LogP contribution is -2.35. The Kier molecular flexibility index (Phi) is 3.55. The lowest BCUT2D eigenvalue weighted by molar-refractivity contribution is 0.604. The van der Waals surface area contributed by atoms with Crippen molar-refractivity contribution in [1.29, 1.82) is 0 Å². The molecule has 18 heavy (non-hydrogen) atoms. The van der Waals surface area contributed by atoms with Crippen molar-refractivity contribution in [2.24, 2.45) is 0 Å². The zero-order valence-corrected chi connectivity index (χ0v) is 11.4. The van der Waals surface area contributed by atoms with E-state index in [4.69, 9.17) is 0 Å². The molecule has 3 rings (SSSR count). The van der Waals surface area contributed by atoms with Crippen LogP contribution in [0, 0.1) is 0 Å². The third kappa shape index (κ3) is 2.26. The molecule has 1 saturated heterocycles. The first-order chi connectivity index (χ1) is 8.86. The van der Waals surface area contributed by atoms with Crippen molar-refractivity contribution < 1.29 is 0 Å². The average Bonchev–Trinajstić information content (AvgIpc) is 2.63. The molecular weight excluding hydrogens is 220 g/mol. The van der Waals surface area contributed by atoms with Gasteiger partial charge in [-0.3, -0.25) is 0 Å². The second-order valence-electron chi connectivity index (χ2n) is 5.73. The molecule has 1 unspecified atom stereocenters. The van der Waals surface area contributed by atoms with E-state index in [-0.39, 0.29) is 0 Å². The van der Waals surface area contributed by atoms with Gasteiger partial charge in [0.1, 0.15) is 0 Å². The summed E-state index contributed by atoms with van der Waals surface area (Å²) < 4.78 is 0. The number of benzene rings is 1. The quantitative estimate of drug-likeness (QED) is 0.816. The van der Waals surface area contributed by atoms with Crippen molar-refractivity contribution in [2.45, 2.75) is 51.6 Å². The van der Waals surface area contributed by atoms with Crippen molar-refractivity contribution in [3.05, 3.63) is 29.3 Å². The van der Waals surface area contributed by atoms with Crippen LogP contribution in [0.1, 0.15) is 43.7 Å². The standard InChI is InChI=1S/C16H24N2/c1-13-6-3-2-4-11-18(13)16-8-5-7-14-12-17-10-9-15(14)16/h5,7-8,13,17H,2-4,6,9-12H2,1H3. The van der Waals surface area contributed by atoms with E-state index in [1.54, 1.807) is 5.56 Å². The molecule has 2 heteroatoms. The van der Waals surface area contributed by atoms with Crippen molar-refractivity contribution >= 4 is 5.69 Å². The minimum Gasteiger partial charge on any atom is -0.369 e. The zero-order valence-electron chi connectivity index (χ0n) is 11.4. The molecule has 0 aromatic heterocycles. The summed E-state index contributed by atoms with van der Waals surface area (Å²) in [5, 5.41) is 3.48. The van der Waals surface area contributed by atoms with Crippen LogP contribution in [-0.4, -0.2) is 19.1 Å². The smallest absolute Gasteiger partial charge is 0.0404 e. The largest absolute Gasteiger partial charge is 0.369 e. The third-order valence-electron chi connectivity index (χ3n) is 4.48. The highest BCUT2D eigenvalue weighted by Crippen LogP contribution is 2.30. The second kappa shape index (κ2) is 5.31. The lowest BCUT2D eigenvalue weighted by Gasteiger charge is -2.33. The molecular formula is C16H24N2. The molecule has 1 atom stereocenters. The predicted molar refractivity (Wildman–Crippen MR) is 77.1 cm³/mol. The lowest BCUT2D eigenvalue weighted by atomic mass is 9.97. The molecule has 0 amide bonds. The van der Waals surface area contributed by atoms with Crippen LogP contribution in [0.15, 0.2) is 18.2 Å². The number of nitrogens with one attached hydrogen (secondary N) is 1. The van der Waals surface area contributed by atoms with Gasteiger partial charge in [-0.1, -0.05) is 25.0 Å². The maximum absolute atomic E-state index is 3.48. The molecule has 1 N–H and O–H groups in total. The van der Waals surface area contributed by atoms with Gasteiger partial charge < -0.3 is 10.2 Å². The Labute approximate surface area is 110 Å². The Morgan fingerprint density at radius 3 is 3.11 bits per heavy atom. The predicted octanol–water partition coefficient (Wildman–Crippen LogP) is 3.10. The van der Waals surface area contributed by atoms with Crippen LogP contribution in [0.3, 0.4) is 0 Å². The molecule has 2 aliphatic heterocycles. The van der Waals surface area contributed by atoms with Crippen LogP contribution in [0.5, 0.6) is 0 Å². The van der Waals surface area contributed by atoms with Crippen molar-refractivity contribution in [1.82, 2.24) is 5.32 Å². The molecule has 1 aromatic rings. The number of hydrogen-bond acceptors (Lipinski definition) is 2. The number of fused-ring (bicyclic) bond motifs is 1. The summed E-state index contributed by atoms with van der Waals surface area (Å²) in [6.07, 6.45) is 6.69. The maximum Gasteiger partial charge on any atom is 0.0404 e. The normalized spacial score (nSPS) is 24.5. The SMILES string of the molecule is CC1CCCCCN1c1cccc2c1CCNC2. The summed E-state index contributed by atoms with van der Waals surface area (Å²) >= 11 is 0. The van der Waals surface area contributed by atoms with E-state index in [9.17, 15) is 0 Å². The van der Waals surface area contributed by atoms with E-state index >= 15 is 0 Å². The fourth-order valence-corrected chi connectivity index (χ4v) is 3.41. The van der Waals surface area contributed by atoms with Crippen molar-refractivity contribution in [3.8, 4) is 0 Å². The third-order valence-corrected chi connectivity index (χ3v) is 4.48. The minimum absolute atomic E-state index is 0.703. The van der Waals surface area contributed by atoms with E-state index in [2.05, 4.69) is 35.3 Å². The monoisotopic (exact) mass is 244 g/mol. The van der Waals surface area contributed by atoms with E-state index in [0.717, 1.165) is 13.1 Å². The molecule has 98 valence electrons. The molecule has 0 spiro atoms. The summed E-state index contributed by atoms with van der Waals surface area (Å²) in [5.41, 5.74) is 4.63. The van der Waals surface area contributed by atoms with Crippen LogP contribution >= 0.6 is 0 Å². The van der Waals surface area contributed by atoms with Gasteiger partial charge in [-0.15, -0.1) is 0 Å². The van der Waals surface area contributed by atoms with Gasteiger partial charge in [-0.05, 0) is 49.9 Å². The first-order valence-corrected chi connectivity index (χ1v) is 7.44. The van der Waals surface area contributed by atoms with Crippen LogP contribution in [0.25, 0.3) is 0 Å². The average molecular weight is 244 g/mol. The number of hydrogen-bond donors (Lipinski definition) is 1. The van der Waals surface area contributed by atoms with E-state index in [1.165, 1.54) is 49.9 Å². The van der Waals surface area contributed by atoms with Gasteiger partial charge in [0.05, 0.1) is 0 Å². The fourth-order valence-electron chi connectivity index (χ4n) is 3.41. The zero-order chi connectivity index (χ0) is 12.4. The van der Waals surface area contributed by atoms with Crippen LogP contribution in [-0.2, 0) is 13.0 Å². The Bertz CT molecular complexity index is 414. The molecule has 0 aliphatic carbocycles. The Morgan fingerprint density at radius 1 is 1.22 bits per heavy atom. The molecule has 2 heterocycles. The molecule has 2 aliphatic rings. The van der Waals surface area contributed by atoms with Crippen LogP contribution in [0.2, 0.25) is 0 Å². The topological polar surface area (TPSA) is 15.3 Å². The molecule has 1 fully saturated rings. The summed E-state index contributed by atoms with van der Waals surface area (Å²) in [4.78, 5) is 2.66. The van der Waals surface area contributed by atoms with Gasteiger partial charge in [0.15, 0.2) is 0 Å². The highest BCUT2D eigenvalue weighted by atomic mass is 15.2. The summed E-state index contributed by atoms with van der Waals surface area (Å²) in [5.74, 6) is 0. The maximum atomic E-state index is 3.48. The van der Waals surface area contributed by atoms with Gasteiger partial charge in [0.2, 0.25) is 0 Å². The molecule has 2 nitrogen and oxygen atoms in total. The summed E-state index contributed by atoms with van der Waals surface area (Å²) in [6, 6.07) is 7.56. The van der Waals surface area contributed by atoms with Crippen molar-refractivity contribution in [2.75, 3.05) is 18.0 Å². The number of anilines is 1. The van der Waals surface area contributed by atoms with Gasteiger partial charge in [-0.2, -0.15) is 0 Å². The summed E-state index contributed by atoms with van der Waals surface area (Å²) in [6.45, 7) is 5.81. The first kappa shape index (κ1) is 12.0. The second-order valence-corrected chi connectivity index (χ2v) is 5.73. The van der Waals surface area contributed by atoms with Gasteiger partial charge in [0.25, 0.3) is 0 Å². The van der Waals surface area contributed by atoms with Gasteiger partial charge >= 0.3 is 0 Å². The molecule has 0 radical (unpaired) electrons. The van der Waals surface area contributed by atoms with Gasteiger partial charge in [0, 0.05) is 24.8 Å². The first-order valence-electron chi connectivity index (χ1n) is 7.44. The van der Waals surface area contributed by atoms with Crippen LogP contribution < -0.4 is 10.2 Å². The fraction of sp³-hybridized carbons (Fsp3) is 0.625. The molecule has 0 saturated carbocycles. The Hall–Kier alpha value is -1.02. The van der Waals surface area contributed by atoms with Crippen LogP contribution in [0.4, 0.5) is 5.69 Å². The highest BCUT2D eigenvalue weighted by molar-refractivity contribution is 5.58. The highest BCUT2D eigenvalue weighted by Gasteiger charge is 2.21. The van der Waals surface area contributed by atoms with Gasteiger partial charge in [-0.25, -0.2) is 0 Å². The number of nitrogens with zero attached hydrogens (tertiary/aromatic N) is 1. The van der Waals surface area contributed by atoms with Crippen molar-refractivity contribution in [3.63, 3.8) is 0 Å². The Morgan fingerprint density at radius 2 is 2.17 bits per heavy atom. The summed E-state index contributed by atoms with van der Waals surface area (Å²) in [7, 11) is 0. The molecule has 1 aromatic carbocycles. The Balaban J connectivity index is 1.94. The molecule has 0 bridgehead atoms. The van der Waals surface area contributed by atoms with E-state index < -0.39 is 0 Å². The number of rotatable bonds is 1. The van der Waals surface area contributed by atoms with E-state index in [1.807, 2.05) is 0 Å². The van der Waals surface area contributed by atoms with E-state index in [0.29, 0.717) is 6.04 Å².